The number of hydrogen-bond donors (Lipinski definition) is 8. The molecular weight excluding hydrogens is 990 g/mol. The lowest BCUT2D eigenvalue weighted by Crippen LogP contribution is -2.64. The maximum Gasteiger partial charge on any atom is 0.472 e. The fourth-order valence-corrected chi connectivity index (χ4v) is 12.0. The van der Waals surface area contributed by atoms with Crippen LogP contribution < -0.4 is 5.32 Å². The Hall–Kier alpha value is -0.920. The monoisotopic (exact) mass is 1120 g/mol. The van der Waals surface area contributed by atoms with Crippen molar-refractivity contribution in [3.63, 3.8) is 0 Å². The van der Waals surface area contributed by atoms with Gasteiger partial charge in [-0.05, 0) is 19.3 Å². The quantitative estimate of drug-likeness (QED) is 0.0163. The molecule has 1 rings (SSSR count). The van der Waals surface area contributed by atoms with Crippen molar-refractivity contribution < 1.29 is 53.9 Å². The number of phosphoric acid groups is 1. The van der Waals surface area contributed by atoms with Gasteiger partial charge in [0.25, 0.3) is 0 Å². The Morgan fingerprint density at radius 1 is 0.429 bits per heavy atom. The van der Waals surface area contributed by atoms with E-state index in [9.17, 15) is 44.9 Å². The maximum atomic E-state index is 13.1. The largest absolute Gasteiger partial charge is 0.472 e. The Balaban J connectivity index is 2.18. The minimum Gasteiger partial charge on any atom is -0.387 e. The molecule has 0 aromatic rings. The van der Waals surface area contributed by atoms with Crippen molar-refractivity contribution in [2.75, 3.05) is 6.61 Å². The van der Waals surface area contributed by atoms with Crippen LogP contribution in [0.2, 0.25) is 0 Å². The molecule has 0 radical (unpaired) electrons. The van der Waals surface area contributed by atoms with E-state index in [0.717, 1.165) is 44.9 Å². The minimum absolute atomic E-state index is 0.220. The fourth-order valence-electron chi connectivity index (χ4n) is 11.0. The smallest absolute Gasteiger partial charge is 0.387 e. The van der Waals surface area contributed by atoms with Crippen molar-refractivity contribution in [1.82, 2.24) is 5.32 Å². The first-order chi connectivity index (χ1) is 37.4. The number of aliphatic hydroxyl groups excluding tert-OH is 6. The van der Waals surface area contributed by atoms with Crippen LogP contribution in [0.3, 0.4) is 0 Å². The summed E-state index contributed by atoms with van der Waals surface area (Å²) in [6, 6.07) is -1.11. The topological polar surface area (TPSA) is 206 Å². The van der Waals surface area contributed by atoms with Gasteiger partial charge in [-0.3, -0.25) is 13.8 Å². The van der Waals surface area contributed by atoms with Gasteiger partial charge < -0.3 is 40.8 Å². The van der Waals surface area contributed by atoms with Crippen LogP contribution in [0.4, 0.5) is 0 Å². The fraction of sp³-hybridized carbons (Fsp3) is 0.953. The van der Waals surface area contributed by atoms with E-state index < -0.39 is 63.2 Å². The van der Waals surface area contributed by atoms with E-state index in [1.165, 1.54) is 263 Å². The van der Waals surface area contributed by atoms with Crippen LogP contribution in [0.1, 0.15) is 335 Å². The zero-order valence-electron chi connectivity index (χ0n) is 50.0. The van der Waals surface area contributed by atoms with Crippen LogP contribution >= 0.6 is 7.82 Å². The van der Waals surface area contributed by atoms with E-state index in [-0.39, 0.29) is 12.3 Å². The van der Waals surface area contributed by atoms with Gasteiger partial charge in [-0.25, -0.2) is 4.57 Å². The van der Waals surface area contributed by atoms with E-state index >= 15 is 0 Å². The average Bonchev–Trinajstić information content (AvgIpc) is 3.42. The van der Waals surface area contributed by atoms with Gasteiger partial charge in [0.15, 0.2) is 0 Å². The summed E-state index contributed by atoms with van der Waals surface area (Å²) in [5.41, 5.74) is 0. The highest BCUT2D eigenvalue weighted by Crippen LogP contribution is 2.47. The molecule has 458 valence electrons. The molecule has 0 aromatic heterocycles. The highest BCUT2D eigenvalue weighted by atomic mass is 31.2. The van der Waals surface area contributed by atoms with Crippen molar-refractivity contribution >= 4 is 13.7 Å². The molecule has 1 fully saturated rings. The molecule has 77 heavy (non-hydrogen) atoms. The zero-order valence-corrected chi connectivity index (χ0v) is 50.9. The van der Waals surface area contributed by atoms with Crippen molar-refractivity contribution in [2.45, 2.75) is 384 Å². The molecule has 9 atom stereocenters. The third-order valence-corrected chi connectivity index (χ3v) is 17.3. The SMILES string of the molecule is CCCCCCCCCCCCCCCC/C=C/[C@@H](O)[C@H](COP(=O)(O)OC1C(O)C(O)C(O)[C@@H](O)C1O)NC(=O)CCCCCCCCCCCCCCCCCCCCCCCCCCCCCCCCCCCC. The van der Waals surface area contributed by atoms with Gasteiger partial charge >= 0.3 is 7.82 Å². The lowest BCUT2D eigenvalue weighted by atomic mass is 9.85. The van der Waals surface area contributed by atoms with Gasteiger partial charge in [0, 0.05) is 6.42 Å². The number of carbonyl (C=O) groups is 1. The second kappa shape index (κ2) is 53.1. The number of allylic oxidation sites excluding steroid dienone is 1. The molecule has 0 saturated heterocycles. The first kappa shape index (κ1) is 74.1. The molecule has 0 aromatic carbocycles. The van der Waals surface area contributed by atoms with Gasteiger partial charge in [0.05, 0.1) is 18.8 Å². The summed E-state index contributed by atoms with van der Waals surface area (Å²) in [5, 5.41) is 64.4. The summed E-state index contributed by atoms with van der Waals surface area (Å²) in [6.07, 6.45) is 54.7. The number of rotatable bonds is 58. The number of phosphoric ester groups is 1. The molecule has 12 nitrogen and oxygen atoms in total. The molecule has 1 aliphatic carbocycles. The Morgan fingerprint density at radius 3 is 0.987 bits per heavy atom. The number of hydrogen-bond acceptors (Lipinski definition) is 10. The van der Waals surface area contributed by atoms with Gasteiger partial charge in [0.1, 0.15) is 36.6 Å². The van der Waals surface area contributed by atoms with E-state index in [2.05, 4.69) is 19.2 Å². The van der Waals surface area contributed by atoms with Gasteiger partial charge in [-0.15, -0.1) is 0 Å². The highest BCUT2D eigenvalue weighted by Gasteiger charge is 2.51. The summed E-state index contributed by atoms with van der Waals surface area (Å²) in [4.78, 5) is 23.6. The van der Waals surface area contributed by atoms with Crippen LogP contribution in [0.5, 0.6) is 0 Å². The van der Waals surface area contributed by atoms with Crippen LogP contribution in [0.15, 0.2) is 12.2 Å². The summed E-state index contributed by atoms with van der Waals surface area (Å²) in [6.45, 7) is 3.90. The third-order valence-electron chi connectivity index (χ3n) is 16.3. The van der Waals surface area contributed by atoms with E-state index in [1.807, 2.05) is 6.08 Å². The summed E-state index contributed by atoms with van der Waals surface area (Å²) in [7, 11) is -5.09. The first-order valence-electron chi connectivity index (χ1n) is 33.1. The van der Waals surface area contributed by atoms with Crippen molar-refractivity contribution in [1.29, 1.82) is 0 Å². The maximum absolute atomic E-state index is 13.1. The predicted molar refractivity (Wildman–Crippen MR) is 320 cm³/mol. The summed E-state index contributed by atoms with van der Waals surface area (Å²) >= 11 is 0. The van der Waals surface area contributed by atoms with Gasteiger partial charge in [-0.2, -0.15) is 0 Å². The Morgan fingerprint density at radius 2 is 0.688 bits per heavy atom. The molecule has 0 aliphatic heterocycles. The van der Waals surface area contributed by atoms with Gasteiger partial charge in [0.2, 0.25) is 5.91 Å². The molecule has 1 aliphatic rings. The first-order valence-corrected chi connectivity index (χ1v) is 34.6. The number of nitrogens with one attached hydrogen (secondary N) is 1. The predicted octanol–water partition coefficient (Wildman–Crippen LogP) is 16.3. The number of amides is 1. The number of carbonyl (C=O) groups excluding carboxylic acids is 1. The molecule has 6 unspecified atom stereocenters. The molecule has 1 amide bonds. The number of aliphatic hydroxyl groups is 6. The van der Waals surface area contributed by atoms with Gasteiger partial charge in [-0.1, -0.05) is 321 Å². The molecular formula is C64H126NO11P. The minimum atomic E-state index is -5.09. The molecule has 1 saturated carbocycles. The van der Waals surface area contributed by atoms with E-state index in [1.54, 1.807) is 6.08 Å². The third kappa shape index (κ3) is 43.4. The summed E-state index contributed by atoms with van der Waals surface area (Å²) in [5.74, 6) is -0.332. The second-order valence-corrected chi connectivity index (χ2v) is 25.1. The molecule has 0 bridgehead atoms. The Labute approximate surface area is 473 Å². The normalized spacial score (nSPS) is 20.5. The second-order valence-electron chi connectivity index (χ2n) is 23.7. The number of unbranched alkanes of at least 4 members (excludes halogenated alkanes) is 47. The van der Waals surface area contributed by atoms with Crippen LogP contribution in [-0.4, -0.2) is 96.8 Å². The molecule has 13 heteroatoms. The summed E-state index contributed by atoms with van der Waals surface area (Å²) < 4.78 is 23.1. The molecule has 8 N–H and O–H groups in total. The Kier molecular flexibility index (Phi) is 51.1. The standard InChI is InChI=1S/C64H126NO11P/c1-3-5-7-9-11-13-15-17-19-21-22-23-24-25-26-27-28-29-30-31-32-33-34-35-36-37-38-40-42-44-46-48-50-52-54-58(67)65-56(55-75-77(73,74)76-64-62(71)60(69)59(68)61(70)63(64)72)57(66)53-51-49-47-45-43-41-39-20-18-16-14-12-10-8-6-4-2/h51,53,56-57,59-64,66,68-72H,3-50,52,54-55H2,1-2H3,(H,65,67)(H,73,74)/b53-51+/t56-,57+,59?,60+,61?,62?,63?,64?/m0/s1. The van der Waals surface area contributed by atoms with E-state index in [4.69, 9.17) is 9.05 Å². The average molecular weight is 1120 g/mol. The zero-order chi connectivity index (χ0) is 56.3. The van der Waals surface area contributed by atoms with Crippen molar-refractivity contribution in [2.24, 2.45) is 0 Å². The van der Waals surface area contributed by atoms with Crippen LogP contribution in [0.25, 0.3) is 0 Å². The van der Waals surface area contributed by atoms with Crippen molar-refractivity contribution in [3.05, 3.63) is 12.2 Å². The highest BCUT2D eigenvalue weighted by molar-refractivity contribution is 7.47. The molecule has 0 heterocycles. The molecule has 0 spiro atoms. The Bertz CT molecular complexity index is 1340. The van der Waals surface area contributed by atoms with Crippen LogP contribution in [-0.2, 0) is 18.4 Å². The lowest BCUT2D eigenvalue weighted by molar-refractivity contribution is -0.220. The van der Waals surface area contributed by atoms with Crippen molar-refractivity contribution in [3.8, 4) is 0 Å². The lowest BCUT2D eigenvalue weighted by Gasteiger charge is -2.41. The van der Waals surface area contributed by atoms with Crippen LogP contribution in [0, 0.1) is 0 Å². The van der Waals surface area contributed by atoms with E-state index in [0.29, 0.717) is 6.42 Å².